The monoisotopic (exact) mass is 330 g/mol. The number of sulfonamides is 1. The number of aromatic nitrogens is 1. The van der Waals surface area contributed by atoms with Crippen molar-refractivity contribution in [3.63, 3.8) is 0 Å². The molecule has 0 aliphatic heterocycles. The first-order valence-electron chi connectivity index (χ1n) is 7.12. The summed E-state index contributed by atoms with van der Waals surface area (Å²) < 4.78 is 32.3. The summed E-state index contributed by atoms with van der Waals surface area (Å²) in [7, 11) is -3.58. The number of benzene rings is 2. The molecule has 0 unspecified atom stereocenters. The van der Waals surface area contributed by atoms with E-state index in [1.54, 1.807) is 12.1 Å². The molecule has 0 radical (unpaired) electrons. The Kier molecular flexibility index (Phi) is 3.16. The molecule has 4 rings (SSSR count). The Labute approximate surface area is 133 Å². The van der Waals surface area contributed by atoms with Gasteiger partial charge in [-0.05, 0) is 53.7 Å². The number of hydrogen-bond acceptors (Lipinski definition) is 4. The molecular formula is C16H14N2O2S2. The molecular weight excluding hydrogens is 316 g/mol. The van der Waals surface area contributed by atoms with Gasteiger partial charge in [-0.1, -0.05) is 30.3 Å². The fourth-order valence-corrected chi connectivity index (χ4v) is 5.05. The maximum absolute atomic E-state index is 12.6. The third kappa shape index (κ3) is 2.28. The lowest BCUT2D eigenvalue weighted by atomic mass is 10.1. The first-order valence-corrected chi connectivity index (χ1v) is 9.38. The van der Waals surface area contributed by atoms with Gasteiger partial charge in [0.1, 0.15) is 5.00 Å². The Balaban J connectivity index is 1.72. The molecule has 0 saturated carbocycles. The molecule has 0 atom stereocenters. The molecule has 1 N–H and O–H groups in total. The van der Waals surface area contributed by atoms with E-state index < -0.39 is 10.0 Å². The zero-order valence-electron chi connectivity index (χ0n) is 11.7. The molecule has 4 nitrogen and oxygen atoms in total. The minimum atomic E-state index is -3.58. The van der Waals surface area contributed by atoms with Crippen molar-refractivity contribution in [1.82, 2.24) is 4.37 Å². The van der Waals surface area contributed by atoms with Gasteiger partial charge < -0.3 is 0 Å². The molecule has 0 spiro atoms. The summed E-state index contributed by atoms with van der Waals surface area (Å²) in [5.74, 6) is 0. The van der Waals surface area contributed by atoms with Gasteiger partial charge in [-0.2, -0.15) is 4.37 Å². The highest BCUT2D eigenvalue weighted by Gasteiger charge is 2.23. The molecule has 0 fully saturated rings. The van der Waals surface area contributed by atoms with Gasteiger partial charge in [-0.15, -0.1) is 0 Å². The van der Waals surface area contributed by atoms with Crippen molar-refractivity contribution in [1.29, 1.82) is 0 Å². The van der Waals surface area contributed by atoms with Gasteiger partial charge in [0.05, 0.1) is 10.6 Å². The van der Waals surface area contributed by atoms with E-state index in [1.165, 1.54) is 11.5 Å². The van der Waals surface area contributed by atoms with Crippen LogP contribution in [0.1, 0.15) is 17.7 Å². The molecule has 1 aliphatic rings. The molecule has 3 aromatic rings. The second kappa shape index (κ2) is 5.07. The van der Waals surface area contributed by atoms with Crippen LogP contribution < -0.4 is 4.72 Å². The Bertz CT molecular complexity index is 961. The quantitative estimate of drug-likeness (QED) is 0.798. The van der Waals surface area contributed by atoms with Crippen LogP contribution in [0, 0.1) is 0 Å². The van der Waals surface area contributed by atoms with Crippen LogP contribution in [-0.2, 0) is 22.9 Å². The Morgan fingerprint density at radius 1 is 1.05 bits per heavy atom. The SMILES string of the molecule is O=S(=O)(Nc1snc2c1CCC2)c1ccc2ccccc2c1. The van der Waals surface area contributed by atoms with Crippen LogP contribution in [-0.4, -0.2) is 12.8 Å². The van der Waals surface area contributed by atoms with Crippen molar-refractivity contribution >= 4 is 37.3 Å². The van der Waals surface area contributed by atoms with E-state index in [4.69, 9.17) is 0 Å². The van der Waals surface area contributed by atoms with E-state index in [0.29, 0.717) is 5.00 Å². The minimum Gasteiger partial charge on any atom is -0.269 e. The largest absolute Gasteiger partial charge is 0.269 e. The van der Waals surface area contributed by atoms with E-state index in [2.05, 4.69) is 9.10 Å². The molecule has 0 bridgehead atoms. The number of aryl methyl sites for hydroxylation is 1. The van der Waals surface area contributed by atoms with Gasteiger partial charge in [0.25, 0.3) is 10.0 Å². The molecule has 2 aromatic carbocycles. The lowest BCUT2D eigenvalue weighted by Gasteiger charge is -2.08. The van der Waals surface area contributed by atoms with E-state index in [-0.39, 0.29) is 4.90 Å². The molecule has 1 aromatic heterocycles. The van der Waals surface area contributed by atoms with E-state index in [9.17, 15) is 8.42 Å². The van der Waals surface area contributed by atoms with Crippen molar-refractivity contribution in [3.8, 4) is 0 Å². The average molecular weight is 330 g/mol. The fraction of sp³-hybridized carbons (Fsp3) is 0.188. The van der Waals surface area contributed by atoms with Crippen molar-refractivity contribution in [2.75, 3.05) is 4.72 Å². The van der Waals surface area contributed by atoms with Crippen LogP contribution in [0.4, 0.5) is 5.00 Å². The standard InChI is InChI=1S/C16H14N2O2S2/c19-22(20,18-16-14-6-3-7-15(14)17-21-16)13-9-8-11-4-1-2-5-12(11)10-13/h1-2,4-5,8-10,18H,3,6-7H2. The Morgan fingerprint density at radius 2 is 1.86 bits per heavy atom. The van der Waals surface area contributed by atoms with Gasteiger partial charge in [0.15, 0.2) is 0 Å². The zero-order valence-corrected chi connectivity index (χ0v) is 13.4. The van der Waals surface area contributed by atoms with Gasteiger partial charge in [-0.3, -0.25) is 4.72 Å². The van der Waals surface area contributed by atoms with Gasteiger partial charge in [0, 0.05) is 5.56 Å². The molecule has 22 heavy (non-hydrogen) atoms. The summed E-state index contributed by atoms with van der Waals surface area (Å²) in [4.78, 5) is 0.284. The summed E-state index contributed by atoms with van der Waals surface area (Å²) in [6.07, 6.45) is 2.90. The number of nitrogens with zero attached hydrogens (tertiary/aromatic N) is 1. The second-order valence-corrected chi connectivity index (χ2v) is 7.86. The maximum atomic E-state index is 12.6. The number of fused-ring (bicyclic) bond motifs is 2. The number of nitrogens with one attached hydrogen (secondary N) is 1. The molecule has 1 aliphatic carbocycles. The summed E-state index contributed by atoms with van der Waals surface area (Å²) in [6.45, 7) is 0. The first-order chi connectivity index (χ1) is 10.6. The van der Waals surface area contributed by atoms with E-state index in [1.807, 2.05) is 30.3 Å². The van der Waals surface area contributed by atoms with Gasteiger partial charge in [-0.25, -0.2) is 8.42 Å². The number of rotatable bonds is 3. The predicted molar refractivity (Wildman–Crippen MR) is 88.9 cm³/mol. The average Bonchev–Trinajstić information content (AvgIpc) is 3.12. The number of anilines is 1. The van der Waals surface area contributed by atoms with E-state index in [0.717, 1.165) is 41.3 Å². The van der Waals surface area contributed by atoms with Crippen LogP contribution in [0.3, 0.4) is 0 Å². The minimum absolute atomic E-state index is 0.284. The summed E-state index contributed by atoms with van der Waals surface area (Å²) in [5.41, 5.74) is 2.11. The second-order valence-electron chi connectivity index (χ2n) is 5.40. The lowest BCUT2D eigenvalue weighted by Crippen LogP contribution is -2.12. The van der Waals surface area contributed by atoms with Crippen molar-refractivity contribution in [2.24, 2.45) is 0 Å². The smallest absolute Gasteiger partial charge is 0.262 e. The topological polar surface area (TPSA) is 59.1 Å². The number of hydrogen-bond donors (Lipinski definition) is 1. The highest BCUT2D eigenvalue weighted by atomic mass is 32.2. The van der Waals surface area contributed by atoms with E-state index >= 15 is 0 Å². The fourth-order valence-electron chi connectivity index (χ4n) is 2.82. The van der Waals surface area contributed by atoms with Crippen LogP contribution in [0.5, 0.6) is 0 Å². The van der Waals surface area contributed by atoms with Crippen molar-refractivity contribution < 1.29 is 8.42 Å². The van der Waals surface area contributed by atoms with Crippen molar-refractivity contribution in [3.05, 3.63) is 53.7 Å². The summed E-state index contributed by atoms with van der Waals surface area (Å²) in [6, 6.07) is 12.9. The molecule has 112 valence electrons. The zero-order chi connectivity index (χ0) is 15.2. The molecule has 1 heterocycles. The third-order valence-corrected chi connectivity index (χ3v) is 6.29. The normalized spacial score (nSPS) is 14.2. The molecule has 0 amide bonds. The first kappa shape index (κ1) is 13.7. The van der Waals surface area contributed by atoms with Crippen LogP contribution in [0.2, 0.25) is 0 Å². The Morgan fingerprint density at radius 3 is 2.73 bits per heavy atom. The third-order valence-electron chi connectivity index (χ3n) is 3.97. The van der Waals surface area contributed by atoms with Crippen LogP contribution >= 0.6 is 11.5 Å². The van der Waals surface area contributed by atoms with Crippen LogP contribution in [0.25, 0.3) is 10.8 Å². The highest BCUT2D eigenvalue weighted by Crippen LogP contribution is 2.33. The lowest BCUT2D eigenvalue weighted by molar-refractivity contribution is 0.601. The summed E-state index contributed by atoms with van der Waals surface area (Å²) >= 11 is 1.24. The highest BCUT2D eigenvalue weighted by molar-refractivity contribution is 7.93. The molecule has 0 saturated heterocycles. The van der Waals surface area contributed by atoms with Gasteiger partial charge in [0.2, 0.25) is 0 Å². The van der Waals surface area contributed by atoms with Crippen molar-refractivity contribution in [2.45, 2.75) is 24.2 Å². The van der Waals surface area contributed by atoms with Gasteiger partial charge >= 0.3 is 0 Å². The summed E-state index contributed by atoms with van der Waals surface area (Å²) in [5, 5.41) is 2.61. The predicted octanol–water partition coefficient (Wildman–Crippen LogP) is 3.59. The Hall–Kier alpha value is -1.92. The maximum Gasteiger partial charge on any atom is 0.262 e. The molecule has 6 heteroatoms. The van der Waals surface area contributed by atoms with Crippen LogP contribution in [0.15, 0.2) is 47.4 Å².